The van der Waals surface area contributed by atoms with E-state index in [1.165, 1.54) is 9.80 Å². The van der Waals surface area contributed by atoms with Crippen LogP contribution < -0.4 is 0 Å². The number of rotatable bonds is 8. The third kappa shape index (κ3) is 5.92. The Morgan fingerprint density at radius 3 is 1.36 bits per heavy atom. The molecule has 2 rings (SSSR count). The molecular formula is C18H32N2O6S2. The van der Waals surface area contributed by atoms with Gasteiger partial charge in [-0.1, -0.05) is 26.7 Å². The SMILES string of the molecule is CCCCN(C(=O)C(=O)N(CCCC)C1CCS(=O)(=O)C1)C1CCS(=O)(=O)C1. The minimum Gasteiger partial charge on any atom is -0.330 e. The molecule has 2 heterocycles. The first kappa shape index (κ1) is 23.1. The number of unbranched alkanes of at least 4 members (excludes halogenated alkanes) is 2. The molecule has 28 heavy (non-hydrogen) atoms. The Kier molecular flexibility index (Phi) is 7.89. The van der Waals surface area contributed by atoms with E-state index in [4.69, 9.17) is 0 Å². The Morgan fingerprint density at radius 2 is 1.11 bits per heavy atom. The maximum absolute atomic E-state index is 13.1. The van der Waals surface area contributed by atoms with Crippen molar-refractivity contribution in [3.05, 3.63) is 0 Å². The van der Waals surface area contributed by atoms with Gasteiger partial charge in [-0.3, -0.25) is 9.59 Å². The molecule has 0 radical (unpaired) electrons. The highest BCUT2D eigenvalue weighted by atomic mass is 32.2. The van der Waals surface area contributed by atoms with Gasteiger partial charge < -0.3 is 9.80 Å². The van der Waals surface area contributed by atoms with Crippen LogP contribution in [0, 0.1) is 0 Å². The molecule has 2 amide bonds. The van der Waals surface area contributed by atoms with Gasteiger partial charge in [-0.05, 0) is 25.7 Å². The van der Waals surface area contributed by atoms with Gasteiger partial charge >= 0.3 is 11.8 Å². The van der Waals surface area contributed by atoms with Crippen LogP contribution in [0.15, 0.2) is 0 Å². The Balaban J connectivity index is 2.20. The molecule has 0 bridgehead atoms. The zero-order valence-electron chi connectivity index (χ0n) is 16.8. The van der Waals surface area contributed by atoms with Gasteiger partial charge in [0.25, 0.3) is 0 Å². The molecule has 0 N–H and O–H groups in total. The fourth-order valence-electron chi connectivity index (χ4n) is 3.84. The second-order valence-electron chi connectivity index (χ2n) is 7.82. The first-order chi connectivity index (χ1) is 13.1. The molecular weight excluding hydrogens is 404 g/mol. The lowest BCUT2D eigenvalue weighted by Crippen LogP contribution is -2.53. The summed E-state index contributed by atoms with van der Waals surface area (Å²) in [7, 11) is -6.38. The number of hydrogen-bond donors (Lipinski definition) is 0. The van der Waals surface area contributed by atoms with E-state index in [0.29, 0.717) is 38.8 Å². The predicted molar refractivity (Wildman–Crippen MR) is 107 cm³/mol. The van der Waals surface area contributed by atoms with Crippen LogP contribution in [-0.2, 0) is 29.3 Å². The number of carbonyl (C=O) groups is 2. The summed E-state index contributed by atoms with van der Waals surface area (Å²) in [6, 6.07) is -0.957. The normalized spacial score (nSPS) is 25.5. The molecule has 2 atom stereocenters. The molecule has 162 valence electrons. The Labute approximate surface area is 168 Å². The summed E-state index contributed by atoms with van der Waals surface area (Å²) in [6.07, 6.45) is 3.69. The molecule has 0 aromatic carbocycles. The molecule has 8 nitrogen and oxygen atoms in total. The van der Waals surface area contributed by atoms with Crippen molar-refractivity contribution in [3.63, 3.8) is 0 Å². The lowest BCUT2D eigenvalue weighted by molar-refractivity contribution is -0.154. The molecule has 2 saturated heterocycles. The summed E-state index contributed by atoms with van der Waals surface area (Å²) < 4.78 is 47.5. The molecule has 2 fully saturated rings. The van der Waals surface area contributed by atoms with Gasteiger partial charge in [0.1, 0.15) is 0 Å². The van der Waals surface area contributed by atoms with Crippen molar-refractivity contribution in [3.8, 4) is 0 Å². The smallest absolute Gasteiger partial charge is 0.312 e. The summed E-state index contributed by atoms with van der Waals surface area (Å²) >= 11 is 0. The quantitative estimate of drug-likeness (QED) is 0.516. The van der Waals surface area contributed by atoms with E-state index in [0.717, 1.165) is 12.8 Å². The van der Waals surface area contributed by atoms with E-state index in [2.05, 4.69) is 0 Å². The summed E-state index contributed by atoms with van der Waals surface area (Å²) in [4.78, 5) is 29.0. The number of hydrogen-bond acceptors (Lipinski definition) is 6. The molecule has 0 aliphatic carbocycles. The van der Waals surface area contributed by atoms with Crippen LogP contribution in [0.5, 0.6) is 0 Å². The first-order valence-electron chi connectivity index (χ1n) is 10.1. The second-order valence-corrected chi connectivity index (χ2v) is 12.3. The average Bonchev–Trinajstić information content (AvgIpc) is 3.16. The molecule has 0 aromatic heterocycles. The standard InChI is InChI=1S/C18H32N2O6S2/c1-3-5-9-19(15-7-11-27(23,24)13-15)17(21)18(22)20(10-6-4-2)16-8-12-28(25,26)14-16/h15-16H,3-14H2,1-2H3. The summed E-state index contributed by atoms with van der Waals surface area (Å²) in [6.45, 7) is 4.61. The first-order valence-corrected chi connectivity index (χ1v) is 13.8. The van der Waals surface area contributed by atoms with Gasteiger partial charge in [-0.2, -0.15) is 0 Å². The maximum Gasteiger partial charge on any atom is 0.312 e. The van der Waals surface area contributed by atoms with Crippen molar-refractivity contribution in [2.24, 2.45) is 0 Å². The zero-order valence-corrected chi connectivity index (χ0v) is 18.4. The lowest BCUT2D eigenvalue weighted by Gasteiger charge is -2.33. The van der Waals surface area contributed by atoms with Crippen molar-refractivity contribution in [1.82, 2.24) is 9.80 Å². The number of amides is 2. The van der Waals surface area contributed by atoms with Gasteiger partial charge in [0.2, 0.25) is 0 Å². The van der Waals surface area contributed by atoms with Crippen LogP contribution in [0.2, 0.25) is 0 Å². The van der Waals surface area contributed by atoms with Gasteiger partial charge in [0.05, 0.1) is 23.0 Å². The molecule has 0 aromatic rings. The van der Waals surface area contributed by atoms with E-state index < -0.39 is 43.6 Å². The minimum atomic E-state index is -3.19. The van der Waals surface area contributed by atoms with Gasteiger partial charge in [0.15, 0.2) is 19.7 Å². The summed E-state index contributed by atoms with van der Waals surface area (Å²) in [5, 5.41) is 0. The largest absolute Gasteiger partial charge is 0.330 e. The second kappa shape index (κ2) is 9.56. The molecule has 2 unspecified atom stereocenters. The highest BCUT2D eigenvalue weighted by Crippen LogP contribution is 2.22. The van der Waals surface area contributed by atoms with Gasteiger partial charge in [-0.15, -0.1) is 0 Å². The minimum absolute atomic E-state index is 0.0299. The van der Waals surface area contributed by atoms with E-state index >= 15 is 0 Å². The fraction of sp³-hybridized carbons (Fsp3) is 0.889. The van der Waals surface area contributed by atoms with Crippen molar-refractivity contribution in [1.29, 1.82) is 0 Å². The van der Waals surface area contributed by atoms with E-state index in [9.17, 15) is 26.4 Å². The maximum atomic E-state index is 13.1. The number of nitrogens with zero attached hydrogens (tertiary/aromatic N) is 2. The molecule has 0 saturated carbocycles. The van der Waals surface area contributed by atoms with Crippen LogP contribution in [0.4, 0.5) is 0 Å². The van der Waals surface area contributed by atoms with Crippen LogP contribution in [0.1, 0.15) is 52.4 Å². The molecule has 0 spiro atoms. The summed E-state index contributed by atoms with van der Waals surface area (Å²) in [5.41, 5.74) is 0. The third-order valence-electron chi connectivity index (χ3n) is 5.51. The van der Waals surface area contributed by atoms with E-state index in [-0.39, 0.29) is 23.0 Å². The van der Waals surface area contributed by atoms with Crippen molar-refractivity contribution >= 4 is 31.5 Å². The number of carbonyl (C=O) groups excluding carboxylic acids is 2. The van der Waals surface area contributed by atoms with E-state index in [1.807, 2.05) is 13.8 Å². The van der Waals surface area contributed by atoms with Crippen molar-refractivity contribution in [2.45, 2.75) is 64.5 Å². The highest BCUT2D eigenvalue weighted by molar-refractivity contribution is 7.91. The Bertz CT molecular complexity index is 712. The highest BCUT2D eigenvalue weighted by Gasteiger charge is 2.41. The van der Waals surface area contributed by atoms with Crippen LogP contribution in [0.3, 0.4) is 0 Å². The van der Waals surface area contributed by atoms with Crippen LogP contribution >= 0.6 is 0 Å². The topological polar surface area (TPSA) is 109 Å². The molecule has 10 heteroatoms. The zero-order chi connectivity index (χ0) is 20.9. The van der Waals surface area contributed by atoms with Gasteiger partial charge in [0, 0.05) is 25.2 Å². The fourth-order valence-corrected chi connectivity index (χ4v) is 7.31. The van der Waals surface area contributed by atoms with Crippen LogP contribution in [0.25, 0.3) is 0 Å². The van der Waals surface area contributed by atoms with Gasteiger partial charge in [-0.25, -0.2) is 16.8 Å². The van der Waals surface area contributed by atoms with Crippen LogP contribution in [-0.4, -0.2) is 86.6 Å². The third-order valence-corrected chi connectivity index (χ3v) is 9.01. The number of sulfone groups is 2. The lowest BCUT2D eigenvalue weighted by atomic mass is 10.1. The Hall–Kier alpha value is -1.16. The average molecular weight is 437 g/mol. The van der Waals surface area contributed by atoms with E-state index in [1.54, 1.807) is 0 Å². The summed E-state index contributed by atoms with van der Waals surface area (Å²) in [5.74, 6) is -1.55. The van der Waals surface area contributed by atoms with Crippen molar-refractivity contribution in [2.75, 3.05) is 36.1 Å². The molecule has 2 aliphatic heterocycles. The van der Waals surface area contributed by atoms with Crippen molar-refractivity contribution < 1.29 is 26.4 Å². The monoisotopic (exact) mass is 436 g/mol. The Morgan fingerprint density at radius 1 is 0.750 bits per heavy atom. The molecule has 2 aliphatic rings. The predicted octanol–water partition coefficient (Wildman–Crippen LogP) is 0.618.